The van der Waals surface area contributed by atoms with Crippen LogP contribution in [0.4, 0.5) is 0 Å². The van der Waals surface area contributed by atoms with Gasteiger partial charge in [0.15, 0.2) is 22.3 Å². The molecule has 0 aliphatic rings. The molecule has 0 saturated carbocycles. The molecule has 176 valence electrons. The van der Waals surface area contributed by atoms with Crippen molar-refractivity contribution in [3.05, 3.63) is 78.4 Å². The van der Waals surface area contributed by atoms with Crippen LogP contribution < -0.4 is 14.8 Å². The van der Waals surface area contributed by atoms with Crippen LogP contribution in [0.15, 0.2) is 78.0 Å². The van der Waals surface area contributed by atoms with E-state index in [1.54, 1.807) is 14.2 Å². The van der Waals surface area contributed by atoms with Crippen LogP contribution in [-0.2, 0) is 11.3 Å². The summed E-state index contributed by atoms with van der Waals surface area (Å²) in [6.07, 6.45) is 0. The summed E-state index contributed by atoms with van der Waals surface area (Å²) in [5.41, 5.74) is 3.32. The first-order valence-electron chi connectivity index (χ1n) is 11.0. The second-order valence-electron chi connectivity index (χ2n) is 7.68. The van der Waals surface area contributed by atoms with Crippen molar-refractivity contribution >= 4 is 34.2 Å². The molecule has 5 aromatic rings. The molecule has 2 aromatic heterocycles. The fourth-order valence-electron chi connectivity index (χ4n) is 3.90. The highest BCUT2D eigenvalue weighted by molar-refractivity contribution is 7.99. The molecule has 2 heterocycles. The number of thioether (sulfide) groups is 1. The number of ether oxygens (including phenoxy) is 2. The number of rotatable bonds is 8. The highest BCUT2D eigenvalue weighted by Crippen LogP contribution is 2.31. The van der Waals surface area contributed by atoms with Crippen LogP contribution in [-0.4, -0.2) is 45.5 Å². The van der Waals surface area contributed by atoms with E-state index in [0.29, 0.717) is 28.8 Å². The van der Waals surface area contributed by atoms with Crippen molar-refractivity contribution in [2.24, 2.45) is 0 Å². The molecule has 5 rings (SSSR count). The summed E-state index contributed by atoms with van der Waals surface area (Å²) < 4.78 is 12.7. The van der Waals surface area contributed by atoms with Gasteiger partial charge in [-0.25, -0.2) is 4.98 Å². The van der Waals surface area contributed by atoms with Gasteiger partial charge in [-0.15, -0.1) is 10.2 Å². The molecule has 0 aliphatic carbocycles. The number of hydrogen-bond acceptors (Lipinski definition) is 7. The second kappa shape index (κ2) is 10.0. The number of nitrogens with one attached hydrogen (secondary N) is 1. The number of methoxy groups -OCH3 is 2. The maximum absolute atomic E-state index is 12.7. The first kappa shape index (κ1) is 22.7. The van der Waals surface area contributed by atoms with Gasteiger partial charge in [0.25, 0.3) is 0 Å². The second-order valence-corrected chi connectivity index (χ2v) is 8.62. The topological polar surface area (TPSA) is 90.6 Å². The molecule has 8 nitrogen and oxygen atoms in total. The molecule has 0 radical (unpaired) electrons. The molecular weight excluding hydrogens is 462 g/mol. The average molecular weight is 486 g/mol. The minimum atomic E-state index is -0.133. The van der Waals surface area contributed by atoms with E-state index in [2.05, 4.69) is 15.5 Å². The van der Waals surface area contributed by atoms with Crippen LogP contribution in [0.25, 0.3) is 27.9 Å². The SMILES string of the molecule is COc1cccc(CNC(=O)CSc2nnc3c4ccccc4nc(-c4ccccc4)n23)c1OC. The van der Waals surface area contributed by atoms with Gasteiger partial charge in [0.05, 0.1) is 25.5 Å². The summed E-state index contributed by atoms with van der Waals surface area (Å²) in [6.45, 7) is 0.321. The Labute approximate surface area is 206 Å². The first-order chi connectivity index (χ1) is 17.2. The van der Waals surface area contributed by atoms with E-state index in [-0.39, 0.29) is 11.7 Å². The molecule has 0 aliphatic heterocycles. The summed E-state index contributed by atoms with van der Waals surface area (Å²) in [6, 6.07) is 23.3. The van der Waals surface area contributed by atoms with Crippen LogP contribution in [0.5, 0.6) is 11.5 Å². The van der Waals surface area contributed by atoms with Gasteiger partial charge in [-0.1, -0.05) is 66.4 Å². The number of carbonyl (C=O) groups excluding carboxylic acids is 1. The molecule has 0 unspecified atom stereocenters. The van der Waals surface area contributed by atoms with E-state index in [4.69, 9.17) is 14.5 Å². The van der Waals surface area contributed by atoms with E-state index in [1.165, 1.54) is 11.8 Å². The third kappa shape index (κ3) is 4.50. The Morgan fingerprint density at radius 2 is 1.74 bits per heavy atom. The van der Waals surface area contributed by atoms with Gasteiger partial charge in [0.2, 0.25) is 5.91 Å². The van der Waals surface area contributed by atoms with Gasteiger partial charge < -0.3 is 14.8 Å². The number of amides is 1. The summed E-state index contributed by atoms with van der Waals surface area (Å²) in [5, 5.41) is 13.3. The largest absolute Gasteiger partial charge is 0.493 e. The number of hydrogen-bond donors (Lipinski definition) is 1. The fraction of sp³-hybridized carbons (Fsp3) is 0.154. The van der Waals surface area contributed by atoms with E-state index in [1.807, 2.05) is 77.2 Å². The molecule has 0 spiro atoms. The molecule has 0 saturated heterocycles. The Balaban J connectivity index is 1.39. The third-order valence-corrected chi connectivity index (χ3v) is 6.47. The lowest BCUT2D eigenvalue weighted by Gasteiger charge is -2.13. The Bertz CT molecular complexity index is 1500. The average Bonchev–Trinajstić information content (AvgIpc) is 3.34. The molecule has 0 fully saturated rings. The van der Waals surface area contributed by atoms with Crippen molar-refractivity contribution in [3.8, 4) is 22.9 Å². The standard InChI is InChI=1S/C26H23N5O3S/c1-33-21-14-8-11-18(23(21)34-2)15-27-22(32)16-35-26-30-29-25-19-12-6-7-13-20(19)28-24(31(25)26)17-9-4-3-5-10-17/h3-14H,15-16H2,1-2H3,(H,27,32). The van der Waals surface area contributed by atoms with Gasteiger partial charge in [-0.2, -0.15) is 0 Å². The van der Waals surface area contributed by atoms with Gasteiger partial charge in [0, 0.05) is 23.1 Å². The lowest BCUT2D eigenvalue weighted by molar-refractivity contribution is -0.118. The first-order valence-corrected chi connectivity index (χ1v) is 12.0. The number of benzene rings is 3. The maximum atomic E-state index is 12.7. The van der Waals surface area contributed by atoms with Crippen LogP contribution in [0.1, 0.15) is 5.56 Å². The number of nitrogens with zero attached hydrogens (tertiary/aromatic N) is 4. The van der Waals surface area contributed by atoms with Crippen molar-refractivity contribution in [1.29, 1.82) is 0 Å². The molecule has 1 N–H and O–H groups in total. The van der Waals surface area contributed by atoms with Crippen molar-refractivity contribution < 1.29 is 14.3 Å². The summed E-state index contributed by atoms with van der Waals surface area (Å²) in [7, 11) is 3.17. The highest BCUT2D eigenvalue weighted by atomic mass is 32.2. The third-order valence-electron chi connectivity index (χ3n) is 5.54. The van der Waals surface area contributed by atoms with Gasteiger partial charge in [-0.3, -0.25) is 9.20 Å². The van der Waals surface area contributed by atoms with Gasteiger partial charge in [-0.05, 0) is 18.2 Å². The van der Waals surface area contributed by atoms with Gasteiger partial charge in [0.1, 0.15) is 5.82 Å². The highest BCUT2D eigenvalue weighted by Gasteiger charge is 2.18. The molecule has 1 amide bonds. The minimum absolute atomic E-state index is 0.133. The van der Waals surface area contributed by atoms with Crippen molar-refractivity contribution in [3.63, 3.8) is 0 Å². The number of aromatic nitrogens is 4. The number of fused-ring (bicyclic) bond motifs is 3. The normalized spacial score (nSPS) is 11.0. The zero-order valence-electron chi connectivity index (χ0n) is 19.3. The predicted octanol–water partition coefficient (Wildman–Crippen LogP) is 4.37. The quantitative estimate of drug-likeness (QED) is 0.326. The smallest absolute Gasteiger partial charge is 0.230 e. The van der Waals surface area contributed by atoms with E-state index in [0.717, 1.165) is 27.9 Å². The van der Waals surface area contributed by atoms with E-state index < -0.39 is 0 Å². The van der Waals surface area contributed by atoms with Crippen LogP contribution in [0.3, 0.4) is 0 Å². The zero-order chi connectivity index (χ0) is 24.2. The number of para-hydroxylation sites is 2. The van der Waals surface area contributed by atoms with Crippen LogP contribution >= 0.6 is 11.8 Å². The lowest BCUT2D eigenvalue weighted by Crippen LogP contribution is -2.25. The van der Waals surface area contributed by atoms with Crippen molar-refractivity contribution in [2.75, 3.05) is 20.0 Å². The summed E-state index contributed by atoms with van der Waals surface area (Å²) >= 11 is 1.32. The van der Waals surface area contributed by atoms with Crippen LogP contribution in [0.2, 0.25) is 0 Å². The Morgan fingerprint density at radius 3 is 2.54 bits per heavy atom. The molecular formula is C26H23N5O3S. The lowest BCUT2D eigenvalue weighted by atomic mass is 10.2. The fourth-order valence-corrected chi connectivity index (χ4v) is 4.66. The number of carbonyl (C=O) groups is 1. The monoisotopic (exact) mass is 485 g/mol. The minimum Gasteiger partial charge on any atom is -0.493 e. The zero-order valence-corrected chi connectivity index (χ0v) is 20.1. The Kier molecular flexibility index (Phi) is 6.49. The van der Waals surface area contributed by atoms with Crippen molar-refractivity contribution in [1.82, 2.24) is 24.9 Å². The summed E-state index contributed by atoms with van der Waals surface area (Å²) in [4.78, 5) is 17.6. The molecule has 0 atom stereocenters. The predicted molar refractivity (Wildman–Crippen MR) is 136 cm³/mol. The molecule has 3 aromatic carbocycles. The van der Waals surface area contributed by atoms with E-state index in [9.17, 15) is 4.79 Å². The Morgan fingerprint density at radius 1 is 0.943 bits per heavy atom. The van der Waals surface area contributed by atoms with Crippen LogP contribution in [0, 0.1) is 0 Å². The molecule has 35 heavy (non-hydrogen) atoms. The molecule has 0 bridgehead atoms. The summed E-state index contributed by atoms with van der Waals surface area (Å²) in [5.74, 6) is 2.00. The Hall–Kier alpha value is -4.11. The van der Waals surface area contributed by atoms with Gasteiger partial charge >= 0.3 is 0 Å². The van der Waals surface area contributed by atoms with Crippen molar-refractivity contribution in [2.45, 2.75) is 11.7 Å². The maximum Gasteiger partial charge on any atom is 0.230 e. The molecule has 9 heteroatoms. The van der Waals surface area contributed by atoms with E-state index >= 15 is 0 Å².